The predicted molar refractivity (Wildman–Crippen MR) is 71.1 cm³/mol. The fraction of sp³-hybridized carbons (Fsp3) is 0.909. The van der Waals surface area contributed by atoms with Gasteiger partial charge >= 0.3 is 0 Å². The van der Waals surface area contributed by atoms with Gasteiger partial charge in [-0.3, -0.25) is 4.99 Å². The number of methoxy groups -OCH3 is 1. The van der Waals surface area contributed by atoms with Crippen molar-refractivity contribution in [2.75, 3.05) is 26.0 Å². The Labute approximate surface area is 102 Å². The summed E-state index contributed by atoms with van der Waals surface area (Å²) in [6, 6.07) is 0.216. The van der Waals surface area contributed by atoms with Crippen molar-refractivity contribution < 1.29 is 4.74 Å². The Hall–Kier alpha value is -0.420. The van der Waals surface area contributed by atoms with Gasteiger partial charge < -0.3 is 15.8 Å². The van der Waals surface area contributed by atoms with Crippen LogP contribution in [0.5, 0.6) is 0 Å². The number of nitrogens with zero attached hydrogens (tertiary/aromatic N) is 1. The standard InChI is InChI=1S/C11H23N3OS/c1-9(8-15-2)14-11(12)13-7-10-5-3-4-6-16-10/h9-10H,3-8H2,1-2H3,(H3,12,13,14). The summed E-state index contributed by atoms with van der Waals surface area (Å²) in [5.41, 5.74) is 5.80. The Morgan fingerprint density at radius 3 is 3.06 bits per heavy atom. The van der Waals surface area contributed by atoms with Crippen molar-refractivity contribution in [1.29, 1.82) is 0 Å². The molecular weight excluding hydrogens is 222 g/mol. The number of rotatable bonds is 5. The zero-order valence-corrected chi connectivity index (χ0v) is 11.1. The second kappa shape index (κ2) is 7.79. The van der Waals surface area contributed by atoms with Gasteiger partial charge in [-0.25, -0.2) is 0 Å². The van der Waals surface area contributed by atoms with Crippen LogP contribution >= 0.6 is 11.8 Å². The van der Waals surface area contributed by atoms with E-state index in [-0.39, 0.29) is 6.04 Å². The Kier molecular flexibility index (Phi) is 6.64. The first-order valence-electron chi connectivity index (χ1n) is 5.89. The predicted octanol–water partition coefficient (Wildman–Crippen LogP) is 1.21. The zero-order valence-electron chi connectivity index (χ0n) is 10.2. The number of ether oxygens (including phenoxy) is 1. The fourth-order valence-corrected chi connectivity index (χ4v) is 2.96. The molecule has 1 aliphatic rings. The first-order chi connectivity index (χ1) is 7.72. The Balaban J connectivity index is 2.21. The Morgan fingerprint density at radius 2 is 2.44 bits per heavy atom. The maximum atomic E-state index is 5.80. The summed E-state index contributed by atoms with van der Waals surface area (Å²) in [7, 11) is 1.68. The van der Waals surface area contributed by atoms with Gasteiger partial charge in [0.05, 0.1) is 13.2 Å². The van der Waals surface area contributed by atoms with E-state index in [2.05, 4.69) is 10.3 Å². The minimum Gasteiger partial charge on any atom is -0.383 e. The average Bonchev–Trinajstić information content (AvgIpc) is 2.28. The molecule has 1 heterocycles. The largest absolute Gasteiger partial charge is 0.383 e. The molecular formula is C11H23N3OS. The molecule has 16 heavy (non-hydrogen) atoms. The van der Waals surface area contributed by atoms with Crippen molar-refractivity contribution >= 4 is 17.7 Å². The highest BCUT2D eigenvalue weighted by Crippen LogP contribution is 2.24. The number of aliphatic imine (C=N–C) groups is 1. The number of guanidine groups is 1. The lowest BCUT2D eigenvalue weighted by atomic mass is 10.2. The molecule has 1 fully saturated rings. The minimum atomic E-state index is 0.216. The van der Waals surface area contributed by atoms with E-state index in [9.17, 15) is 0 Å². The smallest absolute Gasteiger partial charge is 0.188 e. The second-order valence-electron chi connectivity index (χ2n) is 4.22. The van der Waals surface area contributed by atoms with E-state index in [1.54, 1.807) is 7.11 Å². The maximum absolute atomic E-state index is 5.80. The van der Waals surface area contributed by atoms with Gasteiger partial charge in [0.1, 0.15) is 0 Å². The van der Waals surface area contributed by atoms with Crippen LogP contribution in [0.3, 0.4) is 0 Å². The van der Waals surface area contributed by atoms with Crippen LogP contribution in [0.15, 0.2) is 4.99 Å². The van der Waals surface area contributed by atoms with Crippen molar-refractivity contribution in [3.8, 4) is 0 Å². The number of nitrogens with two attached hydrogens (primary N) is 1. The number of thioether (sulfide) groups is 1. The summed E-state index contributed by atoms with van der Waals surface area (Å²) in [4.78, 5) is 4.38. The highest BCUT2D eigenvalue weighted by molar-refractivity contribution is 7.99. The molecule has 2 atom stereocenters. The van der Waals surface area contributed by atoms with Crippen molar-refractivity contribution in [2.24, 2.45) is 10.7 Å². The highest BCUT2D eigenvalue weighted by atomic mass is 32.2. The Bertz CT molecular complexity index is 217. The molecule has 0 saturated carbocycles. The molecule has 5 heteroatoms. The lowest BCUT2D eigenvalue weighted by Crippen LogP contribution is -2.41. The quantitative estimate of drug-likeness (QED) is 0.564. The molecule has 0 aromatic rings. The SMILES string of the molecule is COCC(C)NC(N)=NCC1CCCCS1. The lowest BCUT2D eigenvalue weighted by molar-refractivity contribution is 0.179. The third-order valence-electron chi connectivity index (χ3n) is 2.55. The molecule has 0 radical (unpaired) electrons. The normalized spacial score (nSPS) is 24.1. The van der Waals surface area contributed by atoms with Crippen LogP contribution in [0.25, 0.3) is 0 Å². The third kappa shape index (κ3) is 5.61. The van der Waals surface area contributed by atoms with Gasteiger partial charge in [0.25, 0.3) is 0 Å². The van der Waals surface area contributed by atoms with Gasteiger partial charge in [0, 0.05) is 18.4 Å². The molecule has 0 bridgehead atoms. The van der Waals surface area contributed by atoms with Crippen molar-refractivity contribution in [2.45, 2.75) is 37.5 Å². The summed E-state index contributed by atoms with van der Waals surface area (Å²) in [5, 5.41) is 3.77. The monoisotopic (exact) mass is 245 g/mol. The summed E-state index contributed by atoms with van der Waals surface area (Å²) in [6.45, 7) is 3.51. The summed E-state index contributed by atoms with van der Waals surface area (Å²) < 4.78 is 5.02. The van der Waals surface area contributed by atoms with E-state index in [4.69, 9.17) is 10.5 Å². The van der Waals surface area contributed by atoms with E-state index in [0.717, 1.165) is 6.54 Å². The van der Waals surface area contributed by atoms with Crippen molar-refractivity contribution in [3.05, 3.63) is 0 Å². The second-order valence-corrected chi connectivity index (χ2v) is 5.62. The number of hydrogen-bond acceptors (Lipinski definition) is 3. The third-order valence-corrected chi connectivity index (χ3v) is 3.93. The molecule has 94 valence electrons. The highest BCUT2D eigenvalue weighted by Gasteiger charge is 2.13. The van der Waals surface area contributed by atoms with E-state index in [0.29, 0.717) is 17.8 Å². The maximum Gasteiger partial charge on any atom is 0.188 e. The van der Waals surface area contributed by atoms with Crippen molar-refractivity contribution in [1.82, 2.24) is 5.32 Å². The summed E-state index contributed by atoms with van der Waals surface area (Å²) >= 11 is 2.02. The van der Waals surface area contributed by atoms with Gasteiger partial charge in [-0.2, -0.15) is 11.8 Å². The molecule has 0 amide bonds. The fourth-order valence-electron chi connectivity index (χ4n) is 1.74. The minimum absolute atomic E-state index is 0.216. The van der Waals surface area contributed by atoms with Gasteiger partial charge in [-0.1, -0.05) is 6.42 Å². The zero-order chi connectivity index (χ0) is 11.8. The van der Waals surface area contributed by atoms with Crippen LogP contribution in [-0.4, -0.2) is 43.3 Å². The van der Waals surface area contributed by atoms with Crippen LogP contribution in [0.2, 0.25) is 0 Å². The topological polar surface area (TPSA) is 59.6 Å². The van der Waals surface area contributed by atoms with E-state index >= 15 is 0 Å². The first-order valence-corrected chi connectivity index (χ1v) is 6.94. The molecule has 0 spiro atoms. The first kappa shape index (κ1) is 13.6. The molecule has 3 N–H and O–H groups in total. The summed E-state index contributed by atoms with van der Waals surface area (Å²) in [5.74, 6) is 1.81. The molecule has 1 saturated heterocycles. The van der Waals surface area contributed by atoms with Crippen LogP contribution < -0.4 is 11.1 Å². The van der Waals surface area contributed by atoms with E-state index < -0.39 is 0 Å². The van der Waals surface area contributed by atoms with Crippen LogP contribution in [0, 0.1) is 0 Å². The van der Waals surface area contributed by atoms with Gasteiger partial charge in [-0.05, 0) is 25.5 Å². The molecule has 1 aliphatic heterocycles. The molecule has 0 aliphatic carbocycles. The van der Waals surface area contributed by atoms with Gasteiger partial charge in [0.2, 0.25) is 0 Å². The van der Waals surface area contributed by atoms with E-state index in [1.165, 1.54) is 25.0 Å². The van der Waals surface area contributed by atoms with E-state index in [1.807, 2.05) is 18.7 Å². The van der Waals surface area contributed by atoms with Gasteiger partial charge in [-0.15, -0.1) is 0 Å². The molecule has 4 nitrogen and oxygen atoms in total. The number of nitrogens with one attached hydrogen (secondary N) is 1. The Morgan fingerprint density at radius 1 is 1.62 bits per heavy atom. The summed E-state index contributed by atoms with van der Waals surface area (Å²) in [6.07, 6.45) is 3.96. The molecule has 0 aromatic carbocycles. The molecule has 0 aromatic heterocycles. The van der Waals surface area contributed by atoms with Gasteiger partial charge in [0.15, 0.2) is 5.96 Å². The molecule has 2 unspecified atom stereocenters. The van der Waals surface area contributed by atoms with Crippen LogP contribution in [-0.2, 0) is 4.74 Å². The van der Waals surface area contributed by atoms with Crippen LogP contribution in [0.1, 0.15) is 26.2 Å². The lowest BCUT2D eigenvalue weighted by Gasteiger charge is -2.20. The van der Waals surface area contributed by atoms with Crippen LogP contribution in [0.4, 0.5) is 0 Å². The number of hydrogen-bond donors (Lipinski definition) is 2. The van der Waals surface area contributed by atoms with Crippen molar-refractivity contribution in [3.63, 3.8) is 0 Å². The average molecular weight is 245 g/mol. The molecule has 1 rings (SSSR count).